The molecule has 0 fully saturated rings. The fourth-order valence-electron chi connectivity index (χ4n) is 1.78. The molecule has 0 N–H and O–H groups in total. The molecule has 2 rings (SSSR count). The minimum absolute atomic E-state index is 0.192. The lowest BCUT2D eigenvalue weighted by molar-refractivity contribution is 0.102. The van der Waals surface area contributed by atoms with Crippen LogP contribution in [0.1, 0.15) is 21.5 Å². The Morgan fingerprint density at radius 3 is 2.55 bits per heavy atom. The van der Waals surface area contributed by atoms with E-state index in [1.165, 1.54) is 29.0 Å². The number of aryl methyl sites for hydroxylation is 1. The van der Waals surface area contributed by atoms with E-state index in [9.17, 15) is 13.6 Å². The predicted octanol–water partition coefficient (Wildman–Crippen LogP) is 4.39. The highest BCUT2D eigenvalue weighted by molar-refractivity contribution is 7.99. The first-order valence-corrected chi connectivity index (χ1v) is 7.34. The van der Waals surface area contributed by atoms with E-state index in [1.54, 1.807) is 0 Å². The number of benzene rings is 2. The molecule has 0 bridgehead atoms. The van der Waals surface area contributed by atoms with Crippen molar-refractivity contribution >= 4 is 17.5 Å². The molecule has 0 heterocycles. The third-order valence-electron chi connectivity index (χ3n) is 2.99. The number of thioether (sulfide) groups is 1. The molecule has 0 aromatic heterocycles. The first-order chi connectivity index (χ1) is 9.58. The molecule has 0 aliphatic carbocycles. The minimum atomic E-state index is -0.986. The number of ketones is 1. The zero-order valence-electron chi connectivity index (χ0n) is 11.0. The zero-order valence-corrected chi connectivity index (χ0v) is 11.8. The lowest BCUT2D eigenvalue weighted by Crippen LogP contribution is -2.04. The highest BCUT2D eigenvalue weighted by Gasteiger charge is 2.10. The molecule has 20 heavy (non-hydrogen) atoms. The Labute approximate surface area is 121 Å². The van der Waals surface area contributed by atoms with E-state index in [0.717, 1.165) is 17.9 Å². The van der Waals surface area contributed by atoms with Crippen LogP contribution in [0.3, 0.4) is 0 Å². The molecule has 0 radical (unpaired) electrons. The smallest absolute Gasteiger partial charge is 0.172 e. The van der Waals surface area contributed by atoms with Gasteiger partial charge in [-0.2, -0.15) is 0 Å². The molecule has 0 amide bonds. The van der Waals surface area contributed by atoms with Crippen molar-refractivity contribution in [2.45, 2.75) is 12.7 Å². The Balaban J connectivity index is 1.92. The van der Waals surface area contributed by atoms with Gasteiger partial charge < -0.3 is 0 Å². The summed E-state index contributed by atoms with van der Waals surface area (Å²) in [5.41, 5.74) is 2.57. The fourth-order valence-corrected chi connectivity index (χ4v) is 2.78. The first kappa shape index (κ1) is 14.7. The average molecular weight is 292 g/mol. The first-order valence-electron chi connectivity index (χ1n) is 6.18. The van der Waals surface area contributed by atoms with Crippen LogP contribution in [0.25, 0.3) is 0 Å². The van der Waals surface area contributed by atoms with Crippen molar-refractivity contribution in [1.29, 1.82) is 0 Å². The van der Waals surface area contributed by atoms with Crippen molar-refractivity contribution in [1.82, 2.24) is 0 Å². The van der Waals surface area contributed by atoms with Crippen molar-refractivity contribution in [3.8, 4) is 0 Å². The van der Waals surface area contributed by atoms with Gasteiger partial charge in [0.05, 0.1) is 5.75 Å². The van der Waals surface area contributed by atoms with Crippen molar-refractivity contribution in [3.63, 3.8) is 0 Å². The number of halogens is 2. The Bertz CT molecular complexity index is 626. The Morgan fingerprint density at radius 1 is 1.10 bits per heavy atom. The number of carbonyl (C=O) groups excluding carboxylic acids is 1. The number of hydrogen-bond acceptors (Lipinski definition) is 2. The summed E-state index contributed by atoms with van der Waals surface area (Å²) in [7, 11) is 0. The molecule has 1 nitrogen and oxygen atoms in total. The molecule has 0 atom stereocenters. The lowest BCUT2D eigenvalue weighted by Gasteiger charge is -2.05. The van der Waals surface area contributed by atoms with Crippen LogP contribution in [0, 0.1) is 18.6 Å². The summed E-state index contributed by atoms with van der Waals surface area (Å²) in [6.45, 7) is 2.02. The van der Waals surface area contributed by atoms with Crippen molar-refractivity contribution < 1.29 is 13.6 Å². The highest BCUT2D eigenvalue weighted by atomic mass is 32.2. The van der Waals surface area contributed by atoms with Gasteiger partial charge in [-0.15, -0.1) is 11.8 Å². The summed E-state index contributed by atoms with van der Waals surface area (Å²) in [6.07, 6.45) is 0. The van der Waals surface area contributed by atoms with Gasteiger partial charge >= 0.3 is 0 Å². The summed E-state index contributed by atoms with van der Waals surface area (Å²) < 4.78 is 25.8. The van der Waals surface area contributed by atoms with Crippen molar-refractivity contribution in [2.24, 2.45) is 0 Å². The molecule has 4 heteroatoms. The number of carbonyl (C=O) groups is 1. The molecule has 2 aromatic rings. The van der Waals surface area contributed by atoms with Gasteiger partial charge in [0.25, 0.3) is 0 Å². The molecule has 0 aliphatic rings. The van der Waals surface area contributed by atoms with E-state index < -0.39 is 11.6 Å². The van der Waals surface area contributed by atoms with Gasteiger partial charge in [0.2, 0.25) is 0 Å². The molecular formula is C16H14F2OS. The highest BCUT2D eigenvalue weighted by Crippen LogP contribution is 2.18. The SMILES string of the molecule is Cc1ccccc1CSCC(=O)c1ccc(F)c(F)c1. The lowest BCUT2D eigenvalue weighted by atomic mass is 10.1. The molecule has 0 saturated carbocycles. The van der Waals surface area contributed by atoms with Crippen molar-refractivity contribution in [2.75, 3.05) is 5.75 Å². The molecule has 0 saturated heterocycles. The van der Waals surface area contributed by atoms with E-state index in [2.05, 4.69) is 0 Å². The molecular weight excluding hydrogens is 278 g/mol. The maximum atomic E-state index is 13.0. The zero-order chi connectivity index (χ0) is 14.5. The van der Waals surface area contributed by atoms with E-state index >= 15 is 0 Å². The molecule has 0 aliphatic heterocycles. The van der Waals surface area contributed by atoms with Crippen LogP contribution < -0.4 is 0 Å². The summed E-state index contributed by atoms with van der Waals surface area (Å²) in [5.74, 6) is -1.14. The van der Waals surface area contributed by atoms with Crippen LogP contribution in [0.5, 0.6) is 0 Å². The maximum absolute atomic E-state index is 13.0. The summed E-state index contributed by atoms with van der Waals surface area (Å²) in [5, 5.41) is 0. The quantitative estimate of drug-likeness (QED) is 0.760. The van der Waals surface area contributed by atoms with Gasteiger partial charge in [0, 0.05) is 11.3 Å². The average Bonchev–Trinajstić information content (AvgIpc) is 2.44. The van der Waals surface area contributed by atoms with E-state index in [1.807, 2.05) is 31.2 Å². The molecule has 104 valence electrons. The largest absolute Gasteiger partial charge is 0.293 e. The van der Waals surface area contributed by atoms with Gasteiger partial charge in [-0.1, -0.05) is 24.3 Å². The van der Waals surface area contributed by atoms with E-state index in [-0.39, 0.29) is 17.1 Å². The van der Waals surface area contributed by atoms with Crippen LogP contribution in [0.15, 0.2) is 42.5 Å². The van der Waals surface area contributed by atoms with Gasteiger partial charge in [0.1, 0.15) is 0 Å². The maximum Gasteiger partial charge on any atom is 0.172 e. The summed E-state index contributed by atoms with van der Waals surface area (Å²) >= 11 is 1.47. The van der Waals surface area contributed by atoms with Crippen LogP contribution in [0.2, 0.25) is 0 Å². The second kappa shape index (κ2) is 6.66. The van der Waals surface area contributed by atoms with Gasteiger partial charge in [-0.3, -0.25) is 4.79 Å². The fraction of sp³-hybridized carbons (Fsp3) is 0.188. The summed E-state index contributed by atoms with van der Waals surface area (Å²) in [4.78, 5) is 11.9. The molecule has 0 unspecified atom stereocenters. The Kier molecular flexibility index (Phi) is 4.90. The van der Waals surface area contributed by atoms with Gasteiger partial charge in [-0.25, -0.2) is 8.78 Å². The van der Waals surface area contributed by atoms with Crippen molar-refractivity contribution in [3.05, 3.63) is 70.8 Å². The third-order valence-corrected chi connectivity index (χ3v) is 3.97. The second-order valence-electron chi connectivity index (χ2n) is 4.47. The third kappa shape index (κ3) is 3.67. The van der Waals surface area contributed by atoms with Crippen LogP contribution in [-0.2, 0) is 5.75 Å². The number of Topliss-reactive ketones (excluding diaryl/α,β-unsaturated/α-hetero) is 1. The van der Waals surface area contributed by atoms with Gasteiger partial charge in [-0.05, 0) is 36.2 Å². The summed E-state index contributed by atoms with van der Waals surface area (Å²) in [6, 6.07) is 11.2. The van der Waals surface area contributed by atoms with E-state index in [4.69, 9.17) is 0 Å². The minimum Gasteiger partial charge on any atom is -0.293 e. The second-order valence-corrected chi connectivity index (χ2v) is 5.46. The number of hydrogen-bond donors (Lipinski definition) is 0. The Morgan fingerprint density at radius 2 is 1.85 bits per heavy atom. The van der Waals surface area contributed by atoms with Crippen LogP contribution in [0.4, 0.5) is 8.78 Å². The topological polar surface area (TPSA) is 17.1 Å². The Hall–Kier alpha value is -1.68. The van der Waals surface area contributed by atoms with Crippen LogP contribution >= 0.6 is 11.8 Å². The normalized spacial score (nSPS) is 10.6. The molecule has 2 aromatic carbocycles. The van der Waals surface area contributed by atoms with E-state index in [0.29, 0.717) is 0 Å². The monoisotopic (exact) mass is 292 g/mol. The predicted molar refractivity (Wildman–Crippen MR) is 78.0 cm³/mol. The molecule has 0 spiro atoms. The number of rotatable bonds is 5. The van der Waals surface area contributed by atoms with Crippen LogP contribution in [-0.4, -0.2) is 11.5 Å². The van der Waals surface area contributed by atoms with Gasteiger partial charge in [0.15, 0.2) is 17.4 Å². The standard InChI is InChI=1S/C16H14F2OS/c1-11-4-2-3-5-13(11)9-20-10-16(19)12-6-7-14(17)15(18)8-12/h2-8H,9-10H2,1H3.